The van der Waals surface area contributed by atoms with E-state index in [1.54, 1.807) is 6.20 Å². The third-order valence-electron chi connectivity index (χ3n) is 2.92. The molecule has 0 saturated carbocycles. The molecule has 5 nitrogen and oxygen atoms in total. The monoisotopic (exact) mass is 265 g/mol. The van der Waals surface area contributed by atoms with Gasteiger partial charge in [-0.05, 0) is 31.5 Å². The van der Waals surface area contributed by atoms with E-state index in [4.69, 9.17) is 10.5 Å². The molecule has 5 heteroatoms. The molecule has 106 valence electrons. The van der Waals surface area contributed by atoms with Gasteiger partial charge in [-0.3, -0.25) is 9.78 Å². The summed E-state index contributed by atoms with van der Waals surface area (Å²) in [5, 5.41) is 2.92. The summed E-state index contributed by atoms with van der Waals surface area (Å²) in [6, 6.07) is 3.89. The number of hydrogen-bond acceptors (Lipinski definition) is 4. The number of hydrogen-bond donors (Lipinski definition) is 2. The molecule has 3 N–H and O–H groups in total. The quantitative estimate of drug-likeness (QED) is 0.742. The van der Waals surface area contributed by atoms with Crippen LogP contribution in [0.3, 0.4) is 0 Å². The Bertz CT molecular complexity index is 375. The maximum atomic E-state index is 11.6. The number of carbonyl (C=O) groups excluding carboxylic acids is 1. The van der Waals surface area contributed by atoms with Crippen LogP contribution < -0.4 is 15.8 Å². The normalized spacial score (nSPS) is 10.5. The topological polar surface area (TPSA) is 77.2 Å². The van der Waals surface area contributed by atoms with Crippen molar-refractivity contribution in [2.75, 3.05) is 13.2 Å². The number of aromatic nitrogens is 1. The van der Waals surface area contributed by atoms with Gasteiger partial charge in [0.05, 0.1) is 6.20 Å². The first kappa shape index (κ1) is 15.4. The summed E-state index contributed by atoms with van der Waals surface area (Å²) >= 11 is 0. The molecule has 0 spiro atoms. The molecule has 1 rings (SSSR count). The van der Waals surface area contributed by atoms with Gasteiger partial charge in [-0.2, -0.15) is 0 Å². The summed E-state index contributed by atoms with van der Waals surface area (Å²) in [7, 11) is 0. The number of amides is 1. The lowest BCUT2D eigenvalue weighted by Crippen LogP contribution is -2.37. The Kier molecular flexibility index (Phi) is 6.89. The lowest BCUT2D eigenvalue weighted by atomic mass is 10.2. The zero-order valence-electron chi connectivity index (χ0n) is 11.7. The van der Waals surface area contributed by atoms with Gasteiger partial charge < -0.3 is 15.8 Å². The van der Waals surface area contributed by atoms with Crippen molar-refractivity contribution in [1.29, 1.82) is 0 Å². The van der Waals surface area contributed by atoms with Crippen molar-refractivity contribution in [2.24, 2.45) is 5.73 Å². The summed E-state index contributed by atoms with van der Waals surface area (Å²) in [6.45, 7) is 4.70. The van der Waals surface area contributed by atoms with Crippen molar-refractivity contribution in [3.63, 3.8) is 0 Å². The Hall–Kier alpha value is -1.62. The Morgan fingerprint density at radius 1 is 1.42 bits per heavy atom. The lowest BCUT2D eigenvalue weighted by molar-refractivity contribution is -0.123. The highest BCUT2D eigenvalue weighted by Gasteiger charge is 2.08. The van der Waals surface area contributed by atoms with E-state index < -0.39 is 0 Å². The highest BCUT2D eigenvalue weighted by molar-refractivity contribution is 5.77. The van der Waals surface area contributed by atoms with Gasteiger partial charge in [0.15, 0.2) is 6.61 Å². The highest BCUT2D eigenvalue weighted by Crippen LogP contribution is 2.09. The molecular formula is C14H23N3O2. The SMILES string of the molecule is CCC(CC)NC(=O)COc1ccc(CCN)nc1. The van der Waals surface area contributed by atoms with Gasteiger partial charge in [0.25, 0.3) is 5.91 Å². The molecule has 0 aromatic carbocycles. The summed E-state index contributed by atoms with van der Waals surface area (Å²) in [5.74, 6) is 0.500. The van der Waals surface area contributed by atoms with Crippen LogP contribution in [0.1, 0.15) is 32.4 Å². The third kappa shape index (κ3) is 5.70. The molecule has 1 amide bonds. The molecule has 0 radical (unpaired) electrons. The molecule has 0 atom stereocenters. The number of carbonyl (C=O) groups is 1. The maximum Gasteiger partial charge on any atom is 0.258 e. The van der Waals surface area contributed by atoms with Crippen LogP contribution in [0.5, 0.6) is 5.75 Å². The first-order valence-corrected chi connectivity index (χ1v) is 6.76. The molecule has 0 saturated heterocycles. The van der Waals surface area contributed by atoms with Crippen LogP contribution in [-0.4, -0.2) is 30.1 Å². The number of nitrogens with two attached hydrogens (primary N) is 1. The Labute approximate surface area is 114 Å². The van der Waals surface area contributed by atoms with Crippen LogP contribution in [0.4, 0.5) is 0 Å². The van der Waals surface area contributed by atoms with E-state index in [2.05, 4.69) is 24.1 Å². The van der Waals surface area contributed by atoms with E-state index in [-0.39, 0.29) is 18.6 Å². The first-order chi connectivity index (χ1) is 9.19. The van der Waals surface area contributed by atoms with E-state index in [0.717, 1.165) is 25.0 Å². The predicted octanol–water partition coefficient (Wildman–Crippen LogP) is 1.27. The fourth-order valence-electron chi connectivity index (χ4n) is 1.70. The second kappa shape index (κ2) is 8.48. The molecular weight excluding hydrogens is 242 g/mol. The van der Waals surface area contributed by atoms with Crippen molar-refractivity contribution in [3.8, 4) is 5.75 Å². The highest BCUT2D eigenvalue weighted by atomic mass is 16.5. The summed E-state index contributed by atoms with van der Waals surface area (Å²) in [4.78, 5) is 15.8. The van der Waals surface area contributed by atoms with Crippen LogP contribution >= 0.6 is 0 Å². The van der Waals surface area contributed by atoms with E-state index in [1.165, 1.54) is 0 Å². The second-order valence-electron chi connectivity index (χ2n) is 4.39. The van der Waals surface area contributed by atoms with Gasteiger partial charge in [0, 0.05) is 18.2 Å². The van der Waals surface area contributed by atoms with Crippen molar-refractivity contribution >= 4 is 5.91 Å². The molecule has 0 fully saturated rings. The maximum absolute atomic E-state index is 11.6. The minimum Gasteiger partial charge on any atom is -0.482 e. The smallest absolute Gasteiger partial charge is 0.258 e. The molecule has 1 aromatic heterocycles. The first-order valence-electron chi connectivity index (χ1n) is 6.76. The number of pyridine rings is 1. The zero-order chi connectivity index (χ0) is 14.1. The lowest BCUT2D eigenvalue weighted by Gasteiger charge is -2.14. The van der Waals surface area contributed by atoms with Crippen LogP contribution in [-0.2, 0) is 11.2 Å². The van der Waals surface area contributed by atoms with Gasteiger partial charge in [0.1, 0.15) is 5.75 Å². The standard InChI is InChI=1S/C14H23N3O2/c1-3-11(4-2)17-14(18)10-19-13-6-5-12(7-8-15)16-9-13/h5-6,9,11H,3-4,7-8,10,15H2,1-2H3,(H,17,18). The van der Waals surface area contributed by atoms with Crippen LogP contribution in [0.2, 0.25) is 0 Å². The van der Waals surface area contributed by atoms with Crippen LogP contribution in [0, 0.1) is 0 Å². The average Bonchev–Trinajstić information content (AvgIpc) is 2.44. The van der Waals surface area contributed by atoms with E-state index in [0.29, 0.717) is 12.3 Å². The summed E-state index contributed by atoms with van der Waals surface area (Å²) < 4.78 is 5.39. The van der Waals surface area contributed by atoms with Gasteiger partial charge in [-0.1, -0.05) is 13.8 Å². The minimum atomic E-state index is -0.0975. The molecule has 0 aliphatic heterocycles. The van der Waals surface area contributed by atoms with Crippen molar-refractivity contribution < 1.29 is 9.53 Å². The van der Waals surface area contributed by atoms with Crippen molar-refractivity contribution in [1.82, 2.24) is 10.3 Å². The molecule has 19 heavy (non-hydrogen) atoms. The third-order valence-corrected chi connectivity index (χ3v) is 2.92. The fraction of sp³-hybridized carbons (Fsp3) is 0.571. The Morgan fingerprint density at radius 3 is 2.68 bits per heavy atom. The van der Waals surface area contributed by atoms with Gasteiger partial charge in [0.2, 0.25) is 0 Å². The van der Waals surface area contributed by atoms with Crippen LogP contribution in [0.25, 0.3) is 0 Å². The Morgan fingerprint density at radius 2 is 2.16 bits per heavy atom. The Balaban J connectivity index is 2.37. The molecule has 0 bridgehead atoms. The van der Waals surface area contributed by atoms with Crippen molar-refractivity contribution in [2.45, 2.75) is 39.2 Å². The second-order valence-corrected chi connectivity index (χ2v) is 4.39. The van der Waals surface area contributed by atoms with Crippen molar-refractivity contribution in [3.05, 3.63) is 24.0 Å². The van der Waals surface area contributed by atoms with Gasteiger partial charge in [-0.15, -0.1) is 0 Å². The van der Waals surface area contributed by atoms with E-state index in [1.807, 2.05) is 12.1 Å². The molecule has 1 aromatic rings. The number of rotatable bonds is 8. The fourth-order valence-corrected chi connectivity index (χ4v) is 1.70. The van der Waals surface area contributed by atoms with Crippen LogP contribution in [0.15, 0.2) is 18.3 Å². The molecule has 0 aliphatic rings. The molecule has 0 aliphatic carbocycles. The average molecular weight is 265 g/mol. The number of nitrogens with one attached hydrogen (secondary N) is 1. The van der Waals surface area contributed by atoms with E-state index in [9.17, 15) is 4.79 Å². The minimum absolute atomic E-state index is 0.0222. The number of ether oxygens (including phenoxy) is 1. The summed E-state index contributed by atoms with van der Waals surface area (Å²) in [6.07, 6.45) is 4.22. The van der Waals surface area contributed by atoms with Gasteiger partial charge in [-0.25, -0.2) is 0 Å². The van der Waals surface area contributed by atoms with Gasteiger partial charge >= 0.3 is 0 Å². The summed E-state index contributed by atoms with van der Waals surface area (Å²) in [5.41, 5.74) is 6.37. The molecule has 0 unspecified atom stereocenters. The number of nitrogens with zero attached hydrogens (tertiary/aromatic N) is 1. The molecule has 1 heterocycles. The predicted molar refractivity (Wildman–Crippen MR) is 75.0 cm³/mol. The van der Waals surface area contributed by atoms with E-state index >= 15 is 0 Å². The zero-order valence-corrected chi connectivity index (χ0v) is 11.7. The largest absolute Gasteiger partial charge is 0.482 e.